The highest BCUT2D eigenvalue weighted by Crippen LogP contribution is 2.20. The Bertz CT molecular complexity index is 578. The Morgan fingerprint density at radius 3 is 2.84 bits per heavy atom. The predicted molar refractivity (Wildman–Crippen MR) is 74.9 cm³/mol. The van der Waals surface area contributed by atoms with Crippen molar-refractivity contribution in [3.05, 3.63) is 40.8 Å². The van der Waals surface area contributed by atoms with Gasteiger partial charge in [-0.15, -0.1) is 0 Å². The molecule has 1 saturated carbocycles. The lowest BCUT2D eigenvalue weighted by Gasteiger charge is -2.06. The molecule has 0 spiro atoms. The molecule has 2 aromatic rings. The Balaban J connectivity index is 1.85. The number of nitrogens with zero attached hydrogens (tertiary/aromatic N) is 3. The van der Waals surface area contributed by atoms with Crippen LogP contribution in [0.1, 0.15) is 24.2 Å². The zero-order valence-electron chi connectivity index (χ0n) is 10.7. The summed E-state index contributed by atoms with van der Waals surface area (Å²) in [6.07, 6.45) is 4.16. The van der Waals surface area contributed by atoms with Gasteiger partial charge in [0.2, 0.25) is 0 Å². The fraction of sp³-hybridized carbons (Fsp3) is 0.357. The third-order valence-corrected chi connectivity index (χ3v) is 3.24. The van der Waals surface area contributed by atoms with Gasteiger partial charge in [-0.1, -0.05) is 11.6 Å². The maximum absolute atomic E-state index is 5.84. The Labute approximate surface area is 117 Å². The van der Waals surface area contributed by atoms with Crippen molar-refractivity contribution in [2.24, 2.45) is 0 Å². The first-order chi connectivity index (χ1) is 9.20. The lowest BCUT2D eigenvalue weighted by Crippen LogP contribution is -2.16. The first-order valence-corrected chi connectivity index (χ1v) is 6.78. The van der Waals surface area contributed by atoms with Crippen LogP contribution in [0.25, 0.3) is 11.5 Å². The normalized spacial score (nSPS) is 14.6. The molecule has 5 heteroatoms. The van der Waals surface area contributed by atoms with Crippen LogP contribution in [0.3, 0.4) is 0 Å². The zero-order valence-corrected chi connectivity index (χ0v) is 11.5. The van der Waals surface area contributed by atoms with E-state index in [1.54, 1.807) is 12.3 Å². The average Bonchev–Trinajstić information content (AvgIpc) is 3.20. The Kier molecular flexibility index (Phi) is 3.44. The van der Waals surface area contributed by atoms with Gasteiger partial charge in [0, 0.05) is 24.5 Å². The molecule has 0 amide bonds. The summed E-state index contributed by atoms with van der Waals surface area (Å²) in [6.45, 7) is 2.76. The highest BCUT2D eigenvalue weighted by Gasteiger charge is 2.20. The number of pyridine rings is 1. The van der Waals surface area contributed by atoms with Crippen LogP contribution in [-0.2, 0) is 6.54 Å². The highest BCUT2D eigenvalue weighted by atomic mass is 35.5. The first-order valence-electron chi connectivity index (χ1n) is 6.40. The van der Waals surface area contributed by atoms with E-state index < -0.39 is 0 Å². The van der Waals surface area contributed by atoms with E-state index in [0.29, 0.717) is 16.9 Å². The summed E-state index contributed by atoms with van der Waals surface area (Å²) in [5.41, 5.74) is 2.71. The third kappa shape index (κ3) is 3.28. The largest absolute Gasteiger partial charge is 0.308 e. The molecule has 1 aliphatic carbocycles. The Morgan fingerprint density at radius 2 is 2.16 bits per heavy atom. The molecule has 0 aromatic carbocycles. The molecule has 0 bridgehead atoms. The molecule has 0 unspecified atom stereocenters. The van der Waals surface area contributed by atoms with Gasteiger partial charge in [0.05, 0.1) is 10.7 Å². The standard InChI is InChI=1S/C14H15ClN4/c1-9-6-12(8-16-11-3-4-11)19-14(18-9)13-5-2-10(15)7-17-13/h2,5-7,11,16H,3-4,8H2,1H3. The minimum atomic E-state index is 0.618. The maximum Gasteiger partial charge on any atom is 0.178 e. The fourth-order valence-corrected chi connectivity index (χ4v) is 2.00. The van der Waals surface area contributed by atoms with Crippen LogP contribution in [-0.4, -0.2) is 21.0 Å². The molecular weight excluding hydrogens is 260 g/mol. The lowest BCUT2D eigenvalue weighted by atomic mass is 10.3. The smallest absolute Gasteiger partial charge is 0.178 e. The molecule has 2 heterocycles. The molecule has 4 nitrogen and oxygen atoms in total. The second-order valence-corrected chi connectivity index (χ2v) is 5.28. The van der Waals surface area contributed by atoms with E-state index in [2.05, 4.69) is 20.3 Å². The van der Waals surface area contributed by atoms with Gasteiger partial charge in [0.1, 0.15) is 5.69 Å². The van der Waals surface area contributed by atoms with Gasteiger partial charge in [-0.3, -0.25) is 4.98 Å². The van der Waals surface area contributed by atoms with E-state index in [9.17, 15) is 0 Å². The van der Waals surface area contributed by atoms with Crippen molar-refractivity contribution in [1.29, 1.82) is 0 Å². The molecule has 0 atom stereocenters. The minimum Gasteiger partial charge on any atom is -0.308 e. The number of halogens is 1. The Morgan fingerprint density at radius 1 is 1.32 bits per heavy atom. The topological polar surface area (TPSA) is 50.7 Å². The average molecular weight is 275 g/mol. The fourth-order valence-electron chi connectivity index (χ4n) is 1.88. The number of hydrogen-bond acceptors (Lipinski definition) is 4. The van der Waals surface area contributed by atoms with E-state index in [1.807, 2.05) is 19.1 Å². The second kappa shape index (κ2) is 5.23. The third-order valence-electron chi connectivity index (χ3n) is 3.01. The number of nitrogens with one attached hydrogen (secondary N) is 1. The lowest BCUT2D eigenvalue weighted by molar-refractivity contribution is 0.672. The van der Waals surface area contributed by atoms with Crippen LogP contribution in [0.4, 0.5) is 0 Å². The molecule has 0 radical (unpaired) electrons. The summed E-state index contributed by atoms with van der Waals surface area (Å²) in [5.74, 6) is 0.657. The molecule has 19 heavy (non-hydrogen) atoms. The van der Waals surface area contributed by atoms with E-state index in [0.717, 1.165) is 23.6 Å². The number of aromatic nitrogens is 3. The van der Waals surface area contributed by atoms with Crippen molar-refractivity contribution in [2.45, 2.75) is 32.4 Å². The monoisotopic (exact) mass is 274 g/mol. The molecule has 3 rings (SSSR count). The van der Waals surface area contributed by atoms with Gasteiger partial charge >= 0.3 is 0 Å². The van der Waals surface area contributed by atoms with Crippen molar-refractivity contribution < 1.29 is 0 Å². The molecule has 0 aliphatic heterocycles. The van der Waals surface area contributed by atoms with Gasteiger partial charge in [0.25, 0.3) is 0 Å². The summed E-state index contributed by atoms with van der Waals surface area (Å²) < 4.78 is 0. The summed E-state index contributed by atoms with van der Waals surface area (Å²) >= 11 is 5.84. The maximum atomic E-state index is 5.84. The summed E-state index contributed by atoms with van der Waals surface area (Å²) in [7, 11) is 0. The highest BCUT2D eigenvalue weighted by molar-refractivity contribution is 6.30. The SMILES string of the molecule is Cc1cc(CNC2CC2)nc(-c2ccc(Cl)cn2)n1. The predicted octanol–water partition coefficient (Wildman–Crippen LogP) is 2.75. The first kappa shape index (κ1) is 12.5. The second-order valence-electron chi connectivity index (χ2n) is 4.84. The van der Waals surface area contributed by atoms with Crippen molar-refractivity contribution >= 4 is 11.6 Å². The molecule has 2 aromatic heterocycles. The minimum absolute atomic E-state index is 0.618. The number of hydrogen-bond donors (Lipinski definition) is 1. The molecule has 0 saturated heterocycles. The number of rotatable bonds is 4. The summed E-state index contributed by atoms with van der Waals surface area (Å²) in [5, 5.41) is 4.07. The quantitative estimate of drug-likeness (QED) is 0.931. The van der Waals surface area contributed by atoms with Gasteiger partial charge in [-0.05, 0) is 38.0 Å². The zero-order chi connectivity index (χ0) is 13.2. The van der Waals surface area contributed by atoms with Crippen LogP contribution < -0.4 is 5.32 Å². The van der Waals surface area contributed by atoms with Crippen LogP contribution in [0.5, 0.6) is 0 Å². The van der Waals surface area contributed by atoms with Crippen molar-refractivity contribution in [3.63, 3.8) is 0 Å². The summed E-state index contributed by atoms with van der Waals surface area (Å²) in [4.78, 5) is 13.2. The molecule has 1 aliphatic rings. The van der Waals surface area contributed by atoms with Gasteiger partial charge in [-0.25, -0.2) is 9.97 Å². The van der Waals surface area contributed by atoms with Crippen molar-refractivity contribution in [3.8, 4) is 11.5 Å². The van der Waals surface area contributed by atoms with Gasteiger partial charge in [0.15, 0.2) is 5.82 Å². The molecular formula is C14H15ClN4. The number of aryl methyl sites for hydroxylation is 1. The van der Waals surface area contributed by atoms with Gasteiger partial charge < -0.3 is 5.32 Å². The van der Waals surface area contributed by atoms with E-state index >= 15 is 0 Å². The van der Waals surface area contributed by atoms with Gasteiger partial charge in [-0.2, -0.15) is 0 Å². The van der Waals surface area contributed by atoms with E-state index in [4.69, 9.17) is 11.6 Å². The van der Waals surface area contributed by atoms with Crippen LogP contribution in [0.15, 0.2) is 24.4 Å². The van der Waals surface area contributed by atoms with Crippen molar-refractivity contribution in [2.75, 3.05) is 0 Å². The molecule has 1 N–H and O–H groups in total. The summed E-state index contributed by atoms with van der Waals surface area (Å²) in [6, 6.07) is 6.33. The van der Waals surface area contributed by atoms with Crippen LogP contribution in [0.2, 0.25) is 5.02 Å². The Hall–Kier alpha value is -1.52. The molecule has 98 valence electrons. The van der Waals surface area contributed by atoms with Crippen LogP contribution >= 0.6 is 11.6 Å². The van der Waals surface area contributed by atoms with E-state index in [-0.39, 0.29) is 0 Å². The van der Waals surface area contributed by atoms with Crippen molar-refractivity contribution in [1.82, 2.24) is 20.3 Å². The molecule has 1 fully saturated rings. The van der Waals surface area contributed by atoms with E-state index in [1.165, 1.54) is 12.8 Å². The van der Waals surface area contributed by atoms with Crippen LogP contribution in [0, 0.1) is 6.92 Å².